The molecule has 1 unspecified atom stereocenters. The molecule has 0 saturated heterocycles. The molecule has 0 saturated carbocycles. The molecule has 5 nitrogen and oxygen atoms in total. The SMILES string of the molecule is CCSCC(C)NS(=O)(=O)c1cc(C(=O)O)cc(C)c1Br. The molecule has 8 heteroatoms. The van der Waals surface area contributed by atoms with Crippen LogP contribution < -0.4 is 4.72 Å². The van der Waals surface area contributed by atoms with Gasteiger partial charge in [0.25, 0.3) is 0 Å². The highest BCUT2D eigenvalue weighted by Crippen LogP contribution is 2.27. The van der Waals surface area contributed by atoms with Gasteiger partial charge in [0.1, 0.15) is 0 Å². The fraction of sp³-hybridized carbons (Fsp3) is 0.462. The standard InChI is InChI=1S/C13H18BrNO4S2/c1-4-20-7-9(3)15-21(18,19)11-6-10(13(16)17)5-8(2)12(11)14/h5-6,9,15H,4,7H2,1-3H3,(H,16,17). The normalized spacial score (nSPS) is 13.1. The Morgan fingerprint density at radius 1 is 1.48 bits per heavy atom. The summed E-state index contributed by atoms with van der Waals surface area (Å²) in [4.78, 5) is 11.0. The van der Waals surface area contributed by atoms with Crippen molar-refractivity contribution >= 4 is 43.7 Å². The summed E-state index contributed by atoms with van der Waals surface area (Å²) in [6.45, 7) is 5.44. The number of hydrogen-bond donors (Lipinski definition) is 2. The number of halogens is 1. The molecule has 2 N–H and O–H groups in total. The smallest absolute Gasteiger partial charge is 0.335 e. The van der Waals surface area contributed by atoms with E-state index in [9.17, 15) is 13.2 Å². The van der Waals surface area contributed by atoms with Crippen LogP contribution in [0.2, 0.25) is 0 Å². The van der Waals surface area contributed by atoms with E-state index < -0.39 is 16.0 Å². The first-order valence-electron chi connectivity index (χ1n) is 6.32. The van der Waals surface area contributed by atoms with Crippen molar-refractivity contribution in [3.05, 3.63) is 27.7 Å². The van der Waals surface area contributed by atoms with E-state index in [-0.39, 0.29) is 16.5 Å². The largest absolute Gasteiger partial charge is 0.478 e. The molecule has 0 bridgehead atoms. The van der Waals surface area contributed by atoms with Crippen LogP contribution >= 0.6 is 27.7 Å². The number of rotatable bonds is 7. The first-order chi connectivity index (χ1) is 9.69. The van der Waals surface area contributed by atoms with Gasteiger partial charge in [-0.1, -0.05) is 6.92 Å². The van der Waals surface area contributed by atoms with Crippen molar-refractivity contribution in [1.29, 1.82) is 0 Å². The average Bonchev–Trinajstić information content (AvgIpc) is 2.38. The number of nitrogens with one attached hydrogen (secondary N) is 1. The first kappa shape index (κ1) is 18.5. The molecule has 0 radical (unpaired) electrons. The van der Waals surface area contributed by atoms with Crippen molar-refractivity contribution < 1.29 is 18.3 Å². The maximum atomic E-state index is 12.4. The quantitative estimate of drug-likeness (QED) is 0.741. The van der Waals surface area contributed by atoms with E-state index in [2.05, 4.69) is 20.7 Å². The van der Waals surface area contributed by atoms with Crippen molar-refractivity contribution in [2.75, 3.05) is 11.5 Å². The number of sulfonamides is 1. The van der Waals surface area contributed by atoms with Crippen LogP contribution in [0.3, 0.4) is 0 Å². The summed E-state index contributed by atoms with van der Waals surface area (Å²) in [6, 6.07) is 2.36. The molecule has 0 heterocycles. The number of hydrogen-bond acceptors (Lipinski definition) is 4. The number of aryl methyl sites for hydroxylation is 1. The Balaban J connectivity index is 3.16. The van der Waals surface area contributed by atoms with Crippen LogP contribution in [0, 0.1) is 6.92 Å². The van der Waals surface area contributed by atoms with Gasteiger partial charge < -0.3 is 5.11 Å². The van der Waals surface area contributed by atoms with Crippen LogP contribution in [0.1, 0.15) is 29.8 Å². The van der Waals surface area contributed by atoms with E-state index >= 15 is 0 Å². The second kappa shape index (κ2) is 7.62. The molecule has 0 fully saturated rings. The Morgan fingerprint density at radius 2 is 2.10 bits per heavy atom. The Bertz CT molecular complexity index is 631. The molecule has 1 aromatic rings. The fourth-order valence-electron chi connectivity index (χ4n) is 1.71. The van der Waals surface area contributed by atoms with Gasteiger partial charge in [0, 0.05) is 16.3 Å². The predicted octanol–water partition coefficient (Wildman–Crippen LogP) is 2.88. The van der Waals surface area contributed by atoms with Gasteiger partial charge in [-0.25, -0.2) is 17.9 Å². The number of carboxylic acid groups (broad SMARTS) is 1. The molecule has 1 rings (SSSR count). The maximum Gasteiger partial charge on any atom is 0.335 e. The minimum Gasteiger partial charge on any atom is -0.478 e. The van der Waals surface area contributed by atoms with Crippen LogP contribution in [0.4, 0.5) is 0 Å². The highest BCUT2D eigenvalue weighted by Gasteiger charge is 2.23. The number of carboxylic acids is 1. The zero-order valence-corrected chi connectivity index (χ0v) is 15.2. The molecule has 0 aliphatic heterocycles. The third kappa shape index (κ3) is 4.98. The summed E-state index contributed by atoms with van der Waals surface area (Å²) in [7, 11) is -3.77. The summed E-state index contributed by atoms with van der Waals surface area (Å²) in [5, 5.41) is 9.05. The van der Waals surface area contributed by atoms with Crippen molar-refractivity contribution in [2.24, 2.45) is 0 Å². The second-order valence-electron chi connectivity index (χ2n) is 4.59. The Labute approximate surface area is 137 Å². The summed E-state index contributed by atoms with van der Waals surface area (Å²) in [5.74, 6) is 0.408. The van der Waals surface area contributed by atoms with E-state index in [4.69, 9.17) is 5.11 Å². The van der Waals surface area contributed by atoms with Gasteiger partial charge in [0.15, 0.2) is 0 Å². The number of benzene rings is 1. The first-order valence-corrected chi connectivity index (χ1v) is 9.75. The molecule has 118 valence electrons. The molecular formula is C13H18BrNO4S2. The molecule has 0 amide bonds. The van der Waals surface area contributed by atoms with Crippen molar-refractivity contribution in [2.45, 2.75) is 31.7 Å². The number of carbonyl (C=O) groups is 1. The van der Waals surface area contributed by atoms with Crippen molar-refractivity contribution in [1.82, 2.24) is 4.72 Å². The van der Waals surface area contributed by atoms with Gasteiger partial charge in [-0.15, -0.1) is 0 Å². The molecule has 0 aromatic heterocycles. The van der Waals surface area contributed by atoms with Crippen LogP contribution in [0.25, 0.3) is 0 Å². The predicted molar refractivity (Wildman–Crippen MR) is 88.6 cm³/mol. The van der Waals surface area contributed by atoms with Crippen LogP contribution in [-0.4, -0.2) is 37.0 Å². The molecular weight excluding hydrogens is 378 g/mol. The minimum absolute atomic E-state index is 0.0479. The second-order valence-corrected chi connectivity index (χ2v) is 8.39. The molecule has 1 atom stereocenters. The molecule has 0 aliphatic carbocycles. The molecule has 0 spiro atoms. The van der Waals surface area contributed by atoms with Crippen LogP contribution in [0.5, 0.6) is 0 Å². The summed E-state index contributed by atoms with van der Waals surface area (Å²) < 4.78 is 27.8. The number of thioether (sulfide) groups is 1. The van der Waals surface area contributed by atoms with Crippen LogP contribution in [-0.2, 0) is 10.0 Å². The number of aromatic carboxylic acids is 1. The minimum atomic E-state index is -3.77. The monoisotopic (exact) mass is 395 g/mol. The maximum absolute atomic E-state index is 12.4. The van der Waals surface area contributed by atoms with E-state index in [0.29, 0.717) is 15.8 Å². The van der Waals surface area contributed by atoms with E-state index in [1.807, 2.05) is 6.92 Å². The van der Waals surface area contributed by atoms with Gasteiger partial charge in [-0.05, 0) is 53.2 Å². The van der Waals surface area contributed by atoms with Gasteiger partial charge >= 0.3 is 5.97 Å². The van der Waals surface area contributed by atoms with Crippen molar-refractivity contribution in [3.63, 3.8) is 0 Å². The highest BCUT2D eigenvalue weighted by atomic mass is 79.9. The summed E-state index contributed by atoms with van der Waals surface area (Å²) >= 11 is 4.86. The Hall–Kier alpha value is -0.570. The lowest BCUT2D eigenvalue weighted by atomic mass is 10.1. The Kier molecular flexibility index (Phi) is 6.71. The zero-order valence-electron chi connectivity index (χ0n) is 12.0. The Morgan fingerprint density at radius 3 is 2.62 bits per heavy atom. The molecule has 0 aliphatic rings. The highest BCUT2D eigenvalue weighted by molar-refractivity contribution is 9.10. The summed E-state index contributed by atoms with van der Waals surface area (Å²) in [5.41, 5.74) is 0.512. The van der Waals surface area contributed by atoms with E-state index in [1.165, 1.54) is 12.1 Å². The lowest BCUT2D eigenvalue weighted by Gasteiger charge is -2.16. The van der Waals surface area contributed by atoms with Crippen molar-refractivity contribution in [3.8, 4) is 0 Å². The average molecular weight is 396 g/mol. The van der Waals surface area contributed by atoms with E-state index in [1.54, 1.807) is 25.6 Å². The molecule has 21 heavy (non-hydrogen) atoms. The van der Waals surface area contributed by atoms with Gasteiger partial charge in [0.05, 0.1) is 10.5 Å². The van der Waals surface area contributed by atoms with E-state index in [0.717, 1.165) is 5.75 Å². The fourth-order valence-corrected chi connectivity index (χ4v) is 4.78. The van der Waals surface area contributed by atoms with Gasteiger partial charge in [-0.3, -0.25) is 0 Å². The lowest BCUT2D eigenvalue weighted by Crippen LogP contribution is -2.34. The third-order valence-corrected chi connectivity index (χ3v) is 6.76. The summed E-state index contributed by atoms with van der Waals surface area (Å²) in [6.07, 6.45) is 0. The lowest BCUT2D eigenvalue weighted by molar-refractivity contribution is 0.0696. The topological polar surface area (TPSA) is 83.5 Å². The van der Waals surface area contributed by atoms with Gasteiger partial charge in [0.2, 0.25) is 10.0 Å². The van der Waals surface area contributed by atoms with Gasteiger partial charge in [-0.2, -0.15) is 11.8 Å². The molecule has 1 aromatic carbocycles. The van der Waals surface area contributed by atoms with Crippen LogP contribution in [0.15, 0.2) is 21.5 Å². The zero-order chi connectivity index (χ0) is 16.2. The third-order valence-electron chi connectivity index (χ3n) is 2.69.